The highest BCUT2D eigenvalue weighted by Gasteiger charge is 2.20. The van der Waals surface area contributed by atoms with Gasteiger partial charge in [0.2, 0.25) is 0 Å². The molecule has 0 amide bonds. The molecule has 11 aromatic rings. The Morgan fingerprint density at radius 3 is 1.47 bits per heavy atom. The van der Waals surface area contributed by atoms with Gasteiger partial charge in [0.1, 0.15) is 0 Å². The zero-order valence-electron chi connectivity index (χ0n) is 33.0. The summed E-state index contributed by atoms with van der Waals surface area (Å²) in [5, 5.41) is 5.00. The normalized spacial score (nSPS) is 11.3. The molecule has 0 aliphatic carbocycles. The van der Waals surface area contributed by atoms with Crippen molar-refractivity contribution in [2.45, 2.75) is 0 Å². The number of rotatable bonds is 8. The van der Waals surface area contributed by atoms with Crippen LogP contribution in [0.3, 0.4) is 0 Å². The van der Waals surface area contributed by atoms with Crippen LogP contribution in [-0.2, 0) is 0 Å². The molecule has 60 heavy (non-hydrogen) atoms. The van der Waals surface area contributed by atoms with Crippen molar-refractivity contribution in [3.63, 3.8) is 0 Å². The molecule has 10 aromatic carbocycles. The smallest absolute Gasteiger partial charge is 0.0546 e. The van der Waals surface area contributed by atoms with Gasteiger partial charge >= 0.3 is 0 Å². The molecule has 2 nitrogen and oxygen atoms in total. The summed E-state index contributed by atoms with van der Waals surface area (Å²) in [6, 6.07) is 87.9. The molecule has 1 heterocycles. The number of para-hydroxylation sites is 2. The van der Waals surface area contributed by atoms with Crippen LogP contribution >= 0.6 is 0 Å². The van der Waals surface area contributed by atoms with Crippen molar-refractivity contribution in [1.29, 1.82) is 0 Å². The van der Waals surface area contributed by atoms with Gasteiger partial charge in [0, 0.05) is 33.4 Å². The zero-order chi connectivity index (χ0) is 39.8. The topological polar surface area (TPSA) is 8.17 Å². The summed E-state index contributed by atoms with van der Waals surface area (Å²) in [5.74, 6) is 0. The Kier molecular flexibility index (Phi) is 8.87. The summed E-state index contributed by atoms with van der Waals surface area (Å²) in [4.78, 5) is 2.37. The molecule has 0 aliphatic rings. The van der Waals surface area contributed by atoms with Crippen molar-refractivity contribution >= 4 is 49.6 Å². The summed E-state index contributed by atoms with van der Waals surface area (Å²) in [6.45, 7) is 0. The highest BCUT2D eigenvalue weighted by atomic mass is 15.1. The number of fused-ring (bicyclic) bond motifs is 4. The summed E-state index contributed by atoms with van der Waals surface area (Å²) in [6.07, 6.45) is 0. The number of nitrogens with zero attached hydrogens (tertiary/aromatic N) is 2. The molecule has 0 aliphatic heterocycles. The summed E-state index contributed by atoms with van der Waals surface area (Å²) in [5.41, 5.74) is 16.3. The van der Waals surface area contributed by atoms with Crippen LogP contribution in [0.4, 0.5) is 17.1 Å². The van der Waals surface area contributed by atoms with Crippen LogP contribution in [0.1, 0.15) is 0 Å². The molecule has 0 atom stereocenters. The Labute approximate surface area is 350 Å². The highest BCUT2D eigenvalue weighted by Crippen LogP contribution is 2.43. The maximum Gasteiger partial charge on any atom is 0.0546 e. The highest BCUT2D eigenvalue weighted by molar-refractivity contribution is 6.10. The third-order valence-corrected chi connectivity index (χ3v) is 11.8. The van der Waals surface area contributed by atoms with Gasteiger partial charge in [-0.05, 0) is 110 Å². The van der Waals surface area contributed by atoms with E-state index in [9.17, 15) is 0 Å². The predicted molar refractivity (Wildman–Crippen MR) is 255 cm³/mol. The lowest BCUT2D eigenvalue weighted by molar-refractivity contribution is 1.18. The molecule has 1 aromatic heterocycles. The number of benzene rings is 10. The lowest BCUT2D eigenvalue weighted by Crippen LogP contribution is -2.10. The lowest BCUT2D eigenvalue weighted by atomic mass is 9.92. The van der Waals surface area contributed by atoms with Crippen molar-refractivity contribution in [2.24, 2.45) is 0 Å². The zero-order valence-corrected chi connectivity index (χ0v) is 33.0. The Morgan fingerprint density at radius 2 is 0.783 bits per heavy atom. The van der Waals surface area contributed by atoms with Crippen molar-refractivity contribution in [3.8, 4) is 50.2 Å². The van der Waals surface area contributed by atoms with Gasteiger partial charge in [-0.25, -0.2) is 0 Å². The fourth-order valence-electron chi connectivity index (χ4n) is 8.92. The van der Waals surface area contributed by atoms with Gasteiger partial charge in [-0.2, -0.15) is 0 Å². The Balaban J connectivity index is 1.04. The molecule has 0 saturated heterocycles. The first kappa shape index (κ1) is 35.2. The van der Waals surface area contributed by atoms with Gasteiger partial charge in [0.05, 0.1) is 16.7 Å². The molecular formula is C58H40N2. The minimum absolute atomic E-state index is 1.09. The van der Waals surface area contributed by atoms with Crippen molar-refractivity contribution in [2.75, 3.05) is 4.90 Å². The molecule has 0 spiro atoms. The third-order valence-electron chi connectivity index (χ3n) is 11.8. The minimum Gasteiger partial charge on any atom is -0.310 e. The number of hydrogen-bond acceptors (Lipinski definition) is 1. The predicted octanol–water partition coefficient (Wildman–Crippen LogP) is 16.1. The molecule has 2 heteroatoms. The Hall–Kier alpha value is -7.94. The van der Waals surface area contributed by atoms with E-state index in [0.717, 1.165) is 28.3 Å². The molecular weight excluding hydrogens is 725 g/mol. The van der Waals surface area contributed by atoms with Crippen LogP contribution < -0.4 is 4.90 Å². The molecule has 0 N–H and O–H groups in total. The number of anilines is 3. The van der Waals surface area contributed by atoms with Gasteiger partial charge in [0.15, 0.2) is 0 Å². The molecule has 11 rings (SSSR count). The summed E-state index contributed by atoms with van der Waals surface area (Å²) >= 11 is 0. The first-order valence-electron chi connectivity index (χ1n) is 20.6. The average Bonchev–Trinajstić information content (AvgIpc) is 3.66. The summed E-state index contributed by atoms with van der Waals surface area (Å²) < 4.78 is 2.44. The van der Waals surface area contributed by atoms with Crippen LogP contribution in [0.2, 0.25) is 0 Å². The Bertz CT molecular complexity index is 3240. The van der Waals surface area contributed by atoms with E-state index in [1.165, 1.54) is 71.5 Å². The van der Waals surface area contributed by atoms with Gasteiger partial charge in [-0.3, -0.25) is 0 Å². The maximum atomic E-state index is 2.44. The van der Waals surface area contributed by atoms with Crippen molar-refractivity contribution in [1.82, 2.24) is 4.57 Å². The first-order chi connectivity index (χ1) is 29.8. The monoisotopic (exact) mass is 764 g/mol. The average molecular weight is 765 g/mol. The molecule has 0 fully saturated rings. The first-order valence-corrected chi connectivity index (χ1v) is 20.6. The summed E-state index contributed by atoms with van der Waals surface area (Å²) in [7, 11) is 0. The second-order valence-electron chi connectivity index (χ2n) is 15.3. The second-order valence-corrected chi connectivity index (χ2v) is 15.3. The SMILES string of the molecule is c1ccc(-c2cccc(N(c3ccc(-c4ccc5ccccc5c4)cc3)c3ccc(-c4cccc(-n5c6ccccc6c6ccccc65)c4-c4ccccc4)cc3)c2)cc1. The molecule has 0 saturated carbocycles. The van der Waals surface area contributed by atoms with E-state index >= 15 is 0 Å². The van der Waals surface area contributed by atoms with Crippen molar-refractivity contribution < 1.29 is 0 Å². The van der Waals surface area contributed by atoms with Crippen LogP contribution in [0.5, 0.6) is 0 Å². The molecule has 282 valence electrons. The van der Waals surface area contributed by atoms with Gasteiger partial charge < -0.3 is 9.47 Å². The number of hydrogen-bond donors (Lipinski definition) is 0. The molecule has 0 unspecified atom stereocenters. The standard InChI is InChI=1S/C58H40N2/c1-3-15-41(16-4-1)47-21-13-22-51(40-47)59(49-35-31-43(32-36-49)48-30-29-42-17-7-8-20-46(42)39-48)50-37-33-44(34-38-50)52-25-14-28-57(58(52)45-18-5-2-6-19-45)60-55-26-11-9-23-53(55)54-24-10-12-27-56(54)60/h1-40H. The van der Waals surface area contributed by atoms with E-state index in [-0.39, 0.29) is 0 Å². The van der Waals surface area contributed by atoms with E-state index in [1.807, 2.05) is 0 Å². The molecule has 0 bridgehead atoms. The van der Waals surface area contributed by atoms with Gasteiger partial charge in [0.25, 0.3) is 0 Å². The lowest BCUT2D eigenvalue weighted by Gasteiger charge is -2.27. The fraction of sp³-hybridized carbons (Fsp3) is 0. The van der Waals surface area contributed by atoms with E-state index < -0.39 is 0 Å². The van der Waals surface area contributed by atoms with Crippen molar-refractivity contribution in [3.05, 3.63) is 243 Å². The quantitative estimate of drug-likeness (QED) is 0.150. The van der Waals surface area contributed by atoms with Gasteiger partial charge in [-0.1, -0.05) is 182 Å². The van der Waals surface area contributed by atoms with E-state index in [0.29, 0.717) is 0 Å². The molecule has 0 radical (unpaired) electrons. The van der Waals surface area contributed by atoms with Crippen LogP contribution in [-0.4, -0.2) is 4.57 Å². The van der Waals surface area contributed by atoms with E-state index in [1.54, 1.807) is 0 Å². The minimum atomic E-state index is 1.09. The van der Waals surface area contributed by atoms with E-state index in [4.69, 9.17) is 0 Å². The largest absolute Gasteiger partial charge is 0.310 e. The fourth-order valence-corrected chi connectivity index (χ4v) is 8.92. The Morgan fingerprint density at radius 1 is 0.283 bits per heavy atom. The third kappa shape index (κ3) is 6.32. The van der Waals surface area contributed by atoms with Gasteiger partial charge in [-0.15, -0.1) is 0 Å². The second kappa shape index (κ2) is 15.1. The number of aromatic nitrogens is 1. The van der Waals surface area contributed by atoms with Crippen LogP contribution in [0.25, 0.3) is 82.8 Å². The van der Waals surface area contributed by atoms with E-state index in [2.05, 4.69) is 252 Å². The van der Waals surface area contributed by atoms with Crippen LogP contribution in [0.15, 0.2) is 243 Å². The van der Waals surface area contributed by atoms with Crippen LogP contribution in [0, 0.1) is 0 Å². The maximum absolute atomic E-state index is 2.44.